The molecule has 0 spiro atoms. The van der Waals surface area contributed by atoms with Crippen molar-refractivity contribution in [2.45, 2.75) is 26.3 Å². The molecule has 3 N–H and O–H groups in total. The Bertz CT molecular complexity index is 566. The highest BCUT2D eigenvalue weighted by Gasteiger charge is 2.16. The third kappa shape index (κ3) is 3.08. The molecule has 0 amide bonds. The normalized spacial score (nSPS) is 12.1. The maximum absolute atomic E-state index is 5.79. The zero-order valence-corrected chi connectivity index (χ0v) is 12.5. The monoisotopic (exact) mass is 292 g/mol. The van der Waals surface area contributed by atoms with Crippen LogP contribution < -0.4 is 11.1 Å². The lowest BCUT2D eigenvalue weighted by Gasteiger charge is -2.18. The second-order valence-corrected chi connectivity index (χ2v) is 5.56. The number of thiocarbonyl (C=S) groups is 1. The molecule has 0 bridgehead atoms. The SMILES string of the molecule is CCC(Nc1nccc(C)c1C(N)=S)c1nccs1. The van der Waals surface area contributed by atoms with Crippen LogP contribution in [-0.2, 0) is 0 Å². The van der Waals surface area contributed by atoms with E-state index in [1.54, 1.807) is 17.5 Å². The van der Waals surface area contributed by atoms with Gasteiger partial charge in [-0.15, -0.1) is 11.3 Å². The molecule has 6 heteroatoms. The summed E-state index contributed by atoms with van der Waals surface area (Å²) >= 11 is 6.74. The quantitative estimate of drug-likeness (QED) is 0.829. The van der Waals surface area contributed by atoms with Crippen LogP contribution in [0.5, 0.6) is 0 Å². The van der Waals surface area contributed by atoms with Gasteiger partial charge in [0.1, 0.15) is 15.8 Å². The van der Waals surface area contributed by atoms with Crippen LogP contribution in [0.25, 0.3) is 0 Å². The molecular formula is C13H16N4S2. The van der Waals surface area contributed by atoms with Crippen LogP contribution in [-0.4, -0.2) is 15.0 Å². The molecule has 0 aromatic carbocycles. The zero-order chi connectivity index (χ0) is 13.8. The van der Waals surface area contributed by atoms with E-state index in [0.717, 1.165) is 28.4 Å². The number of pyridine rings is 1. The number of nitrogens with two attached hydrogens (primary N) is 1. The standard InChI is InChI=1S/C13H16N4S2/c1-3-9(13-16-6-7-19-13)17-12-10(11(14)18)8(2)4-5-15-12/h4-7,9H,3H2,1-2H3,(H2,14,18)(H,15,17). The summed E-state index contributed by atoms with van der Waals surface area (Å²) < 4.78 is 0. The molecular weight excluding hydrogens is 276 g/mol. The number of rotatable bonds is 5. The maximum atomic E-state index is 5.79. The molecule has 0 aliphatic rings. The van der Waals surface area contributed by atoms with Crippen LogP contribution in [0, 0.1) is 6.92 Å². The molecule has 2 aromatic rings. The van der Waals surface area contributed by atoms with Crippen LogP contribution in [0.2, 0.25) is 0 Å². The third-order valence-corrected chi connectivity index (χ3v) is 3.97. The molecule has 4 nitrogen and oxygen atoms in total. The van der Waals surface area contributed by atoms with Crippen molar-refractivity contribution in [3.63, 3.8) is 0 Å². The predicted octanol–water partition coefficient (Wildman–Crippen LogP) is 3.04. The van der Waals surface area contributed by atoms with Crippen molar-refractivity contribution in [3.05, 3.63) is 40.0 Å². The molecule has 2 aromatic heterocycles. The van der Waals surface area contributed by atoms with Crippen molar-refractivity contribution in [2.75, 3.05) is 5.32 Å². The number of thiazole rings is 1. The van der Waals surface area contributed by atoms with Crippen molar-refractivity contribution < 1.29 is 0 Å². The van der Waals surface area contributed by atoms with Gasteiger partial charge in [0.15, 0.2) is 0 Å². The first-order chi connectivity index (χ1) is 9.13. The fourth-order valence-electron chi connectivity index (χ4n) is 1.89. The van der Waals surface area contributed by atoms with Gasteiger partial charge in [-0.3, -0.25) is 0 Å². The molecule has 0 aliphatic heterocycles. The Hall–Kier alpha value is -1.53. The fraction of sp³-hybridized carbons (Fsp3) is 0.308. The Kier molecular flexibility index (Phi) is 4.44. The highest BCUT2D eigenvalue weighted by molar-refractivity contribution is 7.80. The van der Waals surface area contributed by atoms with Crippen molar-refractivity contribution in [1.82, 2.24) is 9.97 Å². The lowest BCUT2D eigenvalue weighted by molar-refractivity contribution is 0.737. The van der Waals surface area contributed by atoms with E-state index in [1.807, 2.05) is 24.6 Å². The van der Waals surface area contributed by atoms with Gasteiger partial charge in [-0.1, -0.05) is 19.1 Å². The van der Waals surface area contributed by atoms with E-state index in [1.165, 1.54) is 0 Å². The minimum absolute atomic E-state index is 0.127. The summed E-state index contributed by atoms with van der Waals surface area (Å²) in [5, 5.41) is 6.40. The van der Waals surface area contributed by atoms with Gasteiger partial charge in [-0.05, 0) is 25.0 Å². The summed E-state index contributed by atoms with van der Waals surface area (Å²) in [7, 11) is 0. The van der Waals surface area contributed by atoms with E-state index in [4.69, 9.17) is 18.0 Å². The molecule has 0 fully saturated rings. The highest BCUT2D eigenvalue weighted by atomic mass is 32.1. The van der Waals surface area contributed by atoms with Crippen LogP contribution in [0.15, 0.2) is 23.8 Å². The Labute approximate surface area is 122 Å². The lowest BCUT2D eigenvalue weighted by Crippen LogP contribution is -2.18. The van der Waals surface area contributed by atoms with E-state index in [2.05, 4.69) is 22.2 Å². The van der Waals surface area contributed by atoms with Crippen LogP contribution in [0.3, 0.4) is 0 Å². The van der Waals surface area contributed by atoms with Gasteiger partial charge in [-0.2, -0.15) is 0 Å². The van der Waals surface area contributed by atoms with E-state index in [9.17, 15) is 0 Å². The molecule has 0 aliphatic carbocycles. The van der Waals surface area contributed by atoms with Crippen molar-refractivity contribution in [1.29, 1.82) is 0 Å². The van der Waals surface area contributed by atoms with E-state index in [0.29, 0.717) is 4.99 Å². The molecule has 19 heavy (non-hydrogen) atoms. The summed E-state index contributed by atoms with van der Waals surface area (Å²) in [5.41, 5.74) is 7.63. The number of aryl methyl sites for hydroxylation is 1. The van der Waals surface area contributed by atoms with Crippen molar-refractivity contribution in [3.8, 4) is 0 Å². The molecule has 1 unspecified atom stereocenters. The summed E-state index contributed by atoms with van der Waals surface area (Å²) in [6.07, 6.45) is 4.48. The topological polar surface area (TPSA) is 63.8 Å². The Morgan fingerprint density at radius 1 is 1.47 bits per heavy atom. The minimum atomic E-state index is 0.127. The summed E-state index contributed by atoms with van der Waals surface area (Å²) in [5.74, 6) is 0.731. The van der Waals surface area contributed by atoms with Crippen LogP contribution in [0.1, 0.15) is 35.5 Å². The van der Waals surface area contributed by atoms with Crippen LogP contribution in [0.4, 0.5) is 5.82 Å². The lowest BCUT2D eigenvalue weighted by atomic mass is 10.1. The van der Waals surface area contributed by atoms with Gasteiger partial charge in [-0.25, -0.2) is 9.97 Å². The van der Waals surface area contributed by atoms with Gasteiger partial charge in [0.25, 0.3) is 0 Å². The smallest absolute Gasteiger partial charge is 0.137 e. The summed E-state index contributed by atoms with van der Waals surface area (Å²) in [6.45, 7) is 4.08. The second kappa shape index (κ2) is 6.08. The minimum Gasteiger partial charge on any atom is -0.389 e. The molecule has 0 saturated heterocycles. The molecule has 0 saturated carbocycles. The van der Waals surface area contributed by atoms with Crippen molar-refractivity contribution >= 4 is 34.4 Å². The molecule has 100 valence electrons. The average Bonchev–Trinajstić information content (AvgIpc) is 2.89. The molecule has 0 radical (unpaired) electrons. The molecule has 1 atom stereocenters. The van der Waals surface area contributed by atoms with Gasteiger partial charge >= 0.3 is 0 Å². The number of hydrogen-bond donors (Lipinski definition) is 2. The molecule has 2 heterocycles. The Morgan fingerprint density at radius 2 is 2.26 bits per heavy atom. The van der Waals surface area contributed by atoms with E-state index < -0.39 is 0 Å². The predicted molar refractivity (Wildman–Crippen MR) is 83.6 cm³/mol. The van der Waals surface area contributed by atoms with Gasteiger partial charge in [0.2, 0.25) is 0 Å². The highest BCUT2D eigenvalue weighted by Crippen LogP contribution is 2.26. The number of aromatic nitrogens is 2. The van der Waals surface area contributed by atoms with Gasteiger partial charge in [0, 0.05) is 17.8 Å². The van der Waals surface area contributed by atoms with E-state index in [-0.39, 0.29) is 6.04 Å². The first-order valence-electron chi connectivity index (χ1n) is 6.04. The maximum Gasteiger partial charge on any atom is 0.137 e. The van der Waals surface area contributed by atoms with Crippen molar-refractivity contribution in [2.24, 2.45) is 5.73 Å². The summed E-state index contributed by atoms with van der Waals surface area (Å²) in [4.78, 5) is 9.06. The number of nitrogens with one attached hydrogen (secondary N) is 1. The fourth-order valence-corrected chi connectivity index (χ4v) is 2.92. The Balaban J connectivity index is 2.32. The number of nitrogens with zero attached hydrogens (tertiary/aromatic N) is 2. The molecule has 2 rings (SSSR count). The largest absolute Gasteiger partial charge is 0.389 e. The summed E-state index contributed by atoms with van der Waals surface area (Å²) in [6, 6.07) is 2.03. The number of anilines is 1. The zero-order valence-electron chi connectivity index (χ0n) is 10.9. The van der Waals surface area contributed by atoms with E-state index >= 15 is 0 Å². The average molecular weight is 292 g/mol. The number of hydrogen-bond acceptors (Lipinski definition) is 5. The van der Waals surface area contributed by atoms with Gasteiger partial charge in [0.05, 0.1) is 11.6 Å². The second-order valence-electron chi connectivity index (χ2n) is 4.19. The van der Waals surface area contributed by atoms with Crippen LogP contribution >= 0.6 is 23.6 Å². The first-order valence-corrected chi connectivity index (χ1v) is 7.33. The third-order valence-electron chi connectivity index (χ3n) is 2.87. The Morgan fingerprint density at radius 3 is 2.84 bits per heavy atom. The van der Waals surface area contributed by atoms with Gasteiger partial charge < -0.3 is 11.1 Å². The first kappa shape index (κ1) is 13.9.